The fraction of sp³-hybridized carbons (Fsp3) is 0.588. The van der Waals surface area contributed by atoms with Crippen molar-refractivity contribution in [1.29, 1.82) is 0 Å². The number of rotatable bonds is 5. The van der Waals surface area contributed by atoms with Crippen LogP contribution >= 0.6 is 0 Å². The molecular formula is C17H26N2O. The molecule has 0 radical (unpaired) electrons. The summed E-state index contributed by atoms with van der Waals surface area (Å²) in [6, 6.07) is 8.09. The van der Waals surface area contributed by atoms with Crippen LogP contribution in [0.5, 0.6) is 0 Å². The molecular weight excluding hydrogens is 248 g/mol. The zero-order valence-corrected chi connectivity index (χ0v) is 12.6. The fourth-order valence-electron chi connectivity index (χ4n) is 3.00. The van der Waals surface area contributed by atoms with E-state index in [4.69, 9.17) is 0 Å². The van der Waals surface area contributed by atoms with Crippen LogP contribution in [0.25, 0.3) is 0 Å². The first-order valence-corrected chi connectivity index (χ1v) is 7.88. The molecule has 0 bridgehead atoms. The summed E-state index contributed by atoms with van der Waals surface area (Å²) in [7, 11) is 0. The van der Waals surface area contributed by atoms with Gasteiger partial charge in [0.15, 0.2) is 0 Å². The Kier molecular flexibility index (Phi) is 5.45. The number of hydrogen-bond donors (Lipinski definition) is 2. The maximum atomic E-state index is 12.4. The average molecular weight is 274 g/mol. The predicted octanol–water partition coefficient (Wildman–Crippen LogP) is 3.82. The van der Waals surface area contributed by atoms with E-state index >= 15 is 0 Å². The van der Waals surface area contributed by atoms with E-state index in [0.29, 0.717) is 6.04 Å². The molecule has 20 heavy (non-hydrogen) atoms. The van der Waals surface area contributed by atoms with Crippen molar-refractivity contribution in [3.63, 3.8) is 0 Å². The van der Waals surface area contributed by atoms with E-state index in [0.717, 1.165) is 36.6 Å². The van der Waals surface area contributed by atoms with Crippen molar-refractivity contribution in [1.82, 2.24) is 5.32 Å². The van der Waals surface area contributed by atoms with Crippen molar-refractivity contribution in [3.8, 4) is 0 Å². The van der Waals surface area contributed by atoms with Crippen LogP contribution in [0.4, 0.5) is 5.69 Å². The van der Waals surface area contributed by atoms with Crippen LogP contribution in [0, 0.1) is 5.92 Å². The summed E-state index contributed by atoms with van der Waals surface area (Å²) >= 11 is 0. The van der Waals surface area contributed by atoms with Gasteiger partial charge in [-0.25, -0.2) is 0 Å². The number of nitrogens with one attached hydrogen (secondary N) is 2. The Balaban J connectivity index is 1.95. The second-order valence-corrected chi connectivity index (χ2v) is 5.68. The SMILES string of the molecule is CCNc1ccccc1C(=O)NC1CCC(CC)CC1. The molecule has 3 nitrogen and oxygen atoms in total. The summed E-state index contributed by atoms with van der Waals surface area (Å²) in [5.41, 5.74) is 1.68. The lowest BCUT2D eigenvalue weighted by Crippen LogP contribution is -2.37. The van der Waals surface area contributed by atoms with Crippen LogP contribution in [-0.2, 0) is 0 Å². The molecule has 0 atom stereocenters. The maximum Gasteiger partial charge on any atom is 0.253 e. The molecule has 2 rings (SSSR count). The molecule has 0 aromatic heterocycles. The first-order chi connectivity index (χ1) is 9.74. The van der Waals surface area contributed by atoms with Crippen molar-refractivity contribution in [2.24, 2.45) is 5.92 Å². The molecule has 0 unspecified atom stereocenters. The Hall–Kier alpha value is -1.51. The molecule has 1 aromatic carbocycles. The molecule has 1 aromatic rings. The normalized spacial score (nSPS) is 22.3. The van der Waals surface area contributed by atoms with Crippen LogP contribution in [-0.4, -0.2) is 18.5 Å². The molecule has 3 heteroatoms. The molecule has 0 saturated heterocycles. The Morgan fingerprint density at radius 3 is 2.50 bits per heavy atom. The number of amides is 1. The smallest absolute Gasteiger partial charge is 0.253 e. The van der Waals surface area contributed by atoms with Gasteiger partial charge in [-0.2, -0.15) is 0 Å². The summed E-state index contributed by atoms with van der Waals surface area (Å²) in [6.45, 7) is 5.13. The second kappa shape index (κ2) is 7.32. The van der Waals surface area contributed by atoms with Crippen molar-refractivity contribution in [2.45, 2.75) is 52.0 Å². The van der Waals surface area contributed by atoms with Gasteiger partial charge in [-0.15, -0.1) is 0 Å². The van der Waals surface area contributed by atoms with Crippen molar-refractivity contribution >= 4 is 11.6 Å². The minimum atomic E-state index is 0.0569. The van der Waals surface area contributed by atoms with E-state index in [2.05, 4.69) is 17.6 Å². The summed E-state index contributed by atoms with van der Waals surface area (Å²) in [5.74, 6) is 0.915. The zero-order valence-electron chi connectivity index (χ0n) is 12.6. The Morgan fingerprint density at radius 1 is 1.15 bits per heavy atom. The summed E-state index contributed by atoms with van der Waals surface area (Å²) < 4.78 is 0. The Morgan fingerprint density at radius 2 is 1.85 bits per heavy atom. The lowest BCUT2D eigenvalue weighted by molar-refractivity contribution is 0.0922. The van der Waals surface area contributed by atoms with Gasteiger partial charge in [-0.1, -0.05) is 25.5 Å². The van der Waals surface area contributed by atoms with Crippen LogP contribution in [0.1, 0.15) is 56.3 Å². The van der Waals surface area contributed by atoms with E-state index in [1.165, 1.54) is 19.3 Å². The van der Waals surface area contributed by atoms with Crippen LogP contribution in [0.15, 0.2) is 24.3 Å². The lowest BCUT2D eigenvalue weighted by atomic mass is 9.84. The highest BCUT2D eigenvalue weighted by Crippen LogP contribution is 2.27. The summed E-state index contributed by atoms with van der Waals surface area (Å²) in [5, 5.41) is 6.45. The molecule has 1 saturated carbocycles. The van der Waals surface area contributed by atoms with Crippen molar-refractivity contribution in [3.05, 3.63) is 29.8 Å². The third-order valence-electron chi connectivity index (χ3n) is 4.30. The van der Waals surface area contributed by atoms with Crippen molar-refractivity contribution < 1.29 is 4.79 Å². The Labute approximate surface area is 122 Å². The molecule has 1 aliphatic carbocycles. The van der Waals surface area contributed by atoms with E-state index < -0.39 is 0 Å². The van der Waals surface area contributed by atoms with Crippen LogP contribution < -0.4 is 10.6 Å². The minimum Gasteiger partial charge on any atom is -0.385 e. The highest BCUT2D eigenvalue weighted by atomic mass is 16.1. The summed E-state index contributed by atoms with van der Waals surface area (Å²) in [4.78, 5) is 12.4. The fourth-order valence-corrected chi connectivity index (χ4v) is 3.00. The van der Waals surface area contributed by atoms with Gasteiger partial charge < -0.3 is 10.6 Å². The largest absolute Gasteiger partial charge is 0.385 e. The molecule has 110 valence electrons. The number of carbonyl (C=O) groups excluding carboxylic acids is 1. The van der Waals surface area contributed by atoms with Gasteiger partial charge >= 0.3 is 0 Å². The number of para-hydroxylation sites is 1. The molecule has 2 N–H and O–H groups in total. The second-order valence-electron chi connectivity index (χ2n) is 5.68. The molecule has 1 fully saturated rings. The number of anilines is 1. The first-order valence-electron chi connectivity index (χ1n) is 7.88. The third-order valence-corrected chi connectivity index (χ3v) is 4.30. The van der Waals surface area contributed by atoms with Gasteiger partial charge in [0.2, 0.25) is 0 Å². The van der Waals surface area contributed by atoms with Gasteiger partial charge in [0, 0.05) is 18.3 Å². The third kappa shape index (κ3) is 3.75. The highest BCUT2D eigenvalue weighted by Gasteiger charge is 2.22. The van der Waals surface area contributed by atoms with Gasteiger partial charge in [-0.3, -0.25) is 4.79 Å². The summed E-state index contributed by atoms with van der Waals surface area (Å²) in [6.07, 6.45) is 6.00. The monoisotopic (exact) mass is 274 g/mol. The van der Waals surface area contributed by atoms with Gasteiger partial charge in [0.25, 0.3) is 5.91 Å². The molecule has 1 aliphatic rings. The van der Waals surface area contributed by atoms with E-state index in [9.17, 15) is 4.79 Å². The molecule has 1 amide bonds. The van der Waals surface area contributed by atoms with Crippen LogP contribution in [0.3, 0.4) is 0 Å². The minimum absolute atomic E-state index is 0.0569. The molecule has 0 heterocycles. The van der Waals surface area contributed by atoms with E-state index in [1.54, 1.807) is 0 Å². The number of benzene rings is 1. The highest BCUT2D eigenvalue weighted by molar-refractivity contribution is 5.99. The maximum absolute atomic E-state index is 12.4. The standard InChI is InChI=1S/C17H26N2O/c1-3-13-9-11-14(12-10-13)19-17(20)15-7-5-6-8-16(15)18-4-2/h5-8,13-14,18H,3-4,9-12H2,1-2H3,(H,19,20). The predicted molar refractivity (Wildman–Crippen MR) is 84.1 cm³/mol. The molecule has 0 spiro atoms. The lowest BCUT2D eigenvalue weighted by Gasteiger charge is -2.28. The quantitative estimate of drug-likeness (QED) is 0.857. The van der Waals surface area contributed by atoms with Crippen molar-refractivity contribution in [2.75, 3.05) is 11.9 Å². The Bertz CT molecular complexity index is 436. The topological polar surface area (TPSA) is 41.1 Å². The number of carbonyl (C=O) groups is 1. The van der Waals surface area contributed by atoms with Gasteiger partial charge in [0.05, 0.1) is 5.56 Å². The van der Waals surface area contributed by atoms with Gasteiger partial charge in [0.1, 0.15) is 0 Å². The van der Waals surface area contributed by atoms with E-state index in [-0.39, 0.29) is 5.91 Å². The van der Waals surface area contributed by atoms with Gasteiger partial charge in [-0.05, 0) is 50.7 Å². The average Bonchev–Trinajstić information content (AvgIpc) is 2.49. The zero-order chi connectivity index (χ0) is 14.4. The first kappa shape index (κ1) is 14.9. The number of hydrogen-bond acceptors (Lipinski definition) is 2. The van der Waals surface area contributed by atoms with Crippen LogP contribution in [0.2, 0.25) is 0 Å². The molecule has 0 aliphatic heterocycles. The van der Waals surface area contributed by atoms with E-state index in [1.807, 2.05) is 31.2 Å².